The van der Waals surface area contributed by atoms with Crippen molar-refractivity contribution in [1.82, 2.24) is 0 Å². The van der Waals surface area contributed by atoms with E-state index >= 15 is 0 Å². The summed E-state index contributed by atoms with van der Waals surface area (Å²) in [6.07, 6.45) is 6.88. The molecule has 0 heterocycles. The summed E-state index contributed by atoms with van der Waals surface area (Å²) in [6.45, 7) is 1.57. The van der Waals surface area contributed by atoms with Gasteiger partial charge in [-0.15, -0.1) is 0 Å². The maximum atomic E-state index is 11.5. The molecule has 0 saturated heterocycles. The van der Waals surface area contributed by atoms with E-state index in [-0.39, 0.29) is 6.42 Å². The summed E-state index contributed by atoms with van der Waals surface area (Å²) in [5, 5.41) is 8.56. The molecule has 5 heteroatoms. The molecule has 1 atom stereocenters. The minimum atomic E-state index is -0.970. The highest BCUT2D eigenvalue weighted by molar-refractivity contribution is 5.82. The van der Waals surface area contributed by atoms with Crippen molar-refractivity contribution in [2.45, 2.75) is 51.2 Å². The van der Waals surface area contributed by atoms with Crippen molar-refractivity contribution < 1.29 is 24.2 Å². The second kappa shape index (κ2) is 7.94. The van der Waals surface area contributed by atoms with Crippen molar-refractivity contribution in [1.29, 1.82) is 0 Å². The zero-order valence-corrected chi connectivity index (χ0v) is 11.5. The van der Waals surface area contributed by atoms with Crippen LogP contribution in [0.2, 0.25) is 0 Å². The Balaban J connectivity index is 2.28. The zero-order valence-electron chi connectivity index (χ0n) is 11.5. The van der Waals surface area contributed by atoms with Gasteiger partial charge in [-0.05, 0) is 38.5 Å². The minimum Gasteiger partial charge on any atom is -0.481 e. The molecule has 0 spiro atoms. The van der Waals surface area contributed by atoms with Gasteiger partial charge in [0.05, 0.1) is 12.5 Å². The van der Waals surface area contributed by atoms with Crippen LogP contribution in [0.4, 0.5) is 0 Å². The maximum absolute atomic E-state index is 11.5. The summed E-state index contributed by atoms with van der Waals surface area (Å²) in [5.74, 6) is -1.06. The Bertz CT molecular complexity index is 329. The fourth-order valence-electron chi connectivity index (χ4n) is 2.26. The lowest BCUT2D eigenvalue weighted by molar-refractivity contribution is -0.147. The first-order valence-electron chi connectivity index (χ1n) is 6.64. The standard InChI is InChI=1S/C14H22O5/c1-10(9-13(15)16)19-14(17)8-5-11-3-6-12(18-2)7-4-11/h5,8,10-12H,3-4,6-7,9H2,1-2H3,(H,15,16). The van der Waals surface area contributed by atoms with Gasteiger partial charge >= 0.3 is 11.9 Å². The van der Waals surface area contributed by atoms with Crippen molar-refractivity contribution >= 4 is 11.9 Å². The van der Waals surface area contributed by atoms with Crippen molar-refractivity contribution in [3.63, 3.8) is 0 Å². The molecule has 5 nitrogen and oxygen atoms in total. The van der Waals surface area contributed by atoms with Crippen LogP contribution >= 0.6 is 0 Å². The average molecular weight is 270 g/mol. The SMILES string of the molecule is COC1CCC(C=CC(=O)OC(C)CC(=O)O)CC1. The van der Waals surface area contributed by atoms with Gasteiger partial charge in [-0.3, -0.25) is 4.79 Å². The van der Waals surface area contributed by atoms with Crippen molar-refractivity contribution in [2.24, 2.45) is 5.92 Å². The number of carboxylic acid groups (broad SMARTS) is 1. The lowest BCUT2D eigenvalue weighted by Gasteiger charge is -2.25. The zero-order chi connectivity index (χ0) is 14.3. The van der Waals surface area contributed by atoms with Crippen LogP contribution in [0.15, 0.2) is 12.2 Å². The summed E-state index contributed by atoms with van der Waals surface area (Å²) >= 11 is 0. The van der Waals surface area contributed by atoms with Gasteiger partial charge < -0.3 is 14.6 Å². The molecule has 0 bridgehead atoms. The molecule has 1 aliphatic carbocycles. The van der Waals surface area contributed by atoms with Gasteiger partial charge in [-0.1, -0.05) is 6.08 Å². The highest BCUT2D eigenvalue weighted by Gasteiger charge is 2.19. The van der Waals surface area contributed by atoms with E-state index in [1.165, 1.54) is 6.08 Å². The second-order valence-electron chi connectivity index (χ2n) is 4.98. The fraction of sp³-hybridized carbons (Fsp3) is 0.714. The molecule has 108 valence electrons. The number of carboxylic acids is 1. The molecule has 1 N–H and O–H groups in total. The van der Waals surface area contributed by atoms with E-state index in [1.54, 1.807) is 14.0 Å². The van der Waals surface area contributed by atoms with Gasteiger partial charge in [0.25, 0.3) is 0 Å². The first-order chi connectivity index (χ1) is 9.01. The molecule has 0 amide bonds. The van der Waals surface area contributed by atoms with Gasteiger partial charge in [0.1, 0.15) is 6.10 Å². The van der Waals surface area contributed by atoms with Crippen LogP contribution < -0.4 is 0 Å². The molecular weight excluding hydrogens is 248 g/mol. The predicted octanol–water partition coefficient (Wildman–Crippen LogP) is 2.15. The highest BCUT2D eigenvalue weighted by Crippen LogP contribution is 2.26. The van der Waals surface area contributed by atoms with Crippen LogP contribution in [0.1, 0.15) is 39.0 Å². The van der Waals surface area contributed by atoms with Crippen molar-refractivity contribution in [3.8, 4) is 0 Å². The molecule has 1 aliphatic rings. The Morgan fingerprint density at radius 1 is 1.32 bits per heavy atom. The van der Waals surface area contributed by atoms with E-state index in [0.29, 0.717) is 12.0 Å². The van der Waals surface area contributed by atoms with Crippen LogP contribution in [-0.2, 0) is 19.1 Å². The normalized spacial score (nSPS) is 25.2. The molecule has 0 radical (unpaired) electrons. The average Bonchev–Trinajstić information content (AvgIpc) is 2.36. The molecule has 0 aliphatic heterocycles. The smallest absolute Gasteiger partial charge is 0.330 e. The summed E-state index contributed by atoms with van der Waals surface area (Å²) in [7, 11) is 1.72. The summed E-state index contributed by atoms with van der Waals surface area (Å²) in [6, 6.07) is 0. The molecular formula is C14H22O5. The highest BCUT2D eigenvalue weighted by atomic mass is 16.5. The van der Waals surface area contributed by atoms with E-state index in [9.17, 15) is 9.59 Å². The molecule has 19 heavy (non-hydrogen) atoms. The van der Waals surface area contributed by atoms with Gasteiger partial charge in [0, 0.05) is 13.2 Å². The van der Waals surface area contributed by atoms with Crippen molar-refractivity contribution in [2.75, 3.05) is 7.11 Å². The second-order valence-corrected chi connectivity index (χ2v) is 4.98. The number of hydrogen-bond acceptors (Lipinski definition) is 4. The third kappa shape index (κ3) is 6.38. The fourth-order valence-corrected chi connectivity index (χ4v) is 2.26. The number of hydrogen-bond donors (Lipinski definition) is 1. The Morgan fingerprint density at radius 3 is 2.47 bits per heavy atom. The lowest BCUT2D eigenvalue weighted by Crippen LogP contribution is -2.20. The Labute approximate surface area is 113 Å². The van der Waals surface area contributed by atoms with E-state index in [0.717, 1.165) is 25.7 Å². The third-order valence-corrected chi connectivity index (χ3v) is 3.34. The van der Waals surface area contributed by atoms with Crippen molar-refractivity contribution in [3.05, 3.63) is 12.2 Å². The molecule has 1 rings (SSSR count). The molecule has 0 aromatic heterocycles. The Kier molecular flexibility index (Phi) is 6.56. The summed E-state index contributed by atoms with van der Waals surface area (Å²) < 4.78 is 10.2. The Hall–Kier alpha value is -1.36. The van der Waals surface area contributed by atoms with E-state index < -0.39 is 18.0 Å². The molecule has 1 saturated carbocycles. The lowest BCUT2D eigenvalue weighted by atomic mass is 9.87. The number of carbonyl (C=O) groups excluding carboxylic acids is 1. The number of carbonyl (C=O) groups is 2. The Morgan fingerprint density at radius 2 is 1.95 bits per heavy atom. The molecule has 1 unspecified atom stereocenters. The number of methoxy groups -OCH3 is 1. The molecule has 1 fully saturated rings. The van der Waals surface area contributed by atoms with Gasteiger partial charge in [-0.2, -0.15) is 0 Å². The van der Waals surface area contributed by atoms with Crippen LogP contribution in [0, 0.1) is 5.92 Å². The first-order valence-corrected chi connectivity index (χ1v) is 6.64. The maximum Gasteiger partial charge on any atom is 0.330 e. The third-order valence-electron chi connectivity index (χ3n) is 3.34. The molecule has 0 aromatic carbocycles. The number of aliphatic carboxylic acids is 1. The van der Waals surface area contributed by atoms with Crippen LogP contribution in [0.25, 0.3) is 0 Å². The van der Waals surface area contributed by atoms with Gasteiger partial charge in [-0.25, -0.2) is 4.79 Å². The van der Waals surface area contributed by atoms with Crippen LogP contribution in [-0.4, -0.2) is 36.4 Å². The van der Waals surface area contributed by atoms with Gasteiger partial charge in [0.2, 0.25) is 0 Å². The minimum absolute atomic E-state index is 0.168. The largest absolute Gasteiger partial charge is 0.481 e. The first kappa shape index (κ1) is 15.7. The van der Waals surface area contributed by atoms with Gasteiger partial charge in [0.15, 0.2) is 0 Å². The quantitative estimate of drug-likeness (QED) is 0.591. The summed E-state index contributed by atoms with van der Waals surface area (Å²) in [5.41, 5.74) is 0. The topological polar surface area (TPSA) is 72.8 Å². The van der Waals surface area contributed by atoms with E-state index in [4.69, 9.17) is 14.6 Å². The molecule has 0 aromatic rings. The monoisotopic (exact) mass is 270 g/mol. The van der Waals surface area contributed by atoms with E-state index in [2.05, 4.69) is 0 Å². The number of esters is 1. The summed E-state index contributed by atoms with van der Waals surface area (Å²) in [4.78, 5) is 21.9. The number of rotatable bonds is 6. The van der Waals surface area contributed by atoms with Crippen LogP contribution in [0.5, 0.6) is 0 Å². The van der Waals surface area contributed by atoms with Crippen LogP contribution in [0.3, 0.4) is 0 Å². The number of ether oxygens (including phenoxy) is 2. The number of allylic oxidation sites excluding steroid dienone is 1. The van der Waals surface area contributed by atoms with E-state index in [1.807, 2.05) is 6.08 Å². The predicted molar refractivity (Wildman–Crippen MR) is 69.7 cm³/mol.